The first-order chi connectivity index (χ1) is 7.91. The van der Waals surface area contributed by atoms with E-state index in [4.69, 9.17) is 5.73 Å². The van der Waals surface area contributed by atoms with Crippen molar-refractivity contribution in [2.45, 2.75) is 26.8 Å². The number of aryl methyl sites for hydroxylation is 1. The maximum absolute atomic E-state index is 11.9. The number of nitrogens with two attached hydrogens (primary N) is 1. The van der Waals surface area contributed by atoms with Gasteiger partial charge >= 0.3 is 0 Å². The highest BCUT2D eigenvalue weighted by atomic mass is 16.2. The third-order valence-corrected chi connectivity index (χ3v) is 2.54. The van der Waals surface area contributed by atoms with E-state index in [1.807, 2.05) is 26.8 Å². The Morgan fingerprint density at radius 1 is 1.29 bits per heavy atom. The Bertz CT molecular complexity index is 427. The molecule has 0 aliphatic rings. The first-order valence-corrected chi connectivity index (χ1v) is 5.58. The Kier molecular flexibility index (Phi) is 4.26. The van der Waals surface area contributed by atoms with E-state index >= 15 is 0 Å². The van der Waals surface area contributed by atoms with Gasteiger partial charge in [0, 0.05) is 5.56 Å². The lowest BCUT2D eigenvalue weighted by molar-refractivity contribution is -0.120. The first kappa shape index (κ1) is 13.2. The predicted octanol–water partition coefficient (Wildman–Crippen LogP) is 1.23. The summed E-state index contributed by atoms with van der Waals surface area (Å²) in [6.45, 7) is 5.59. The van der Waals surface area contributed by atoms with E-state index in [0.717, 1.165) is 5.56 Å². The normalized spacial score (nSPS) is 12.2. The zero-order valence-electron chi connectivity index (χ0n) is 10.4. The molecule has 0 spiro atoms. The van der Waals surface area contributed by atoms with E-state index in [2.05, 4.69) is 5.32 Å². The fraction of sp³-hybridized carbons (Fsp3) is 0.385. The van der Waals surface area contributed by atoms with Crippen molar-refractivity contribution in [1.29, 1.82) is 0 Å². The molecule has 1 rings (SSSR count). The van der Waals surface area contributed by atoms with Crippen LogP contribution in [0.25, 0.3) is 0 Å². The number of primary amides is 1. The van der Waals surface area contributed by atoms with Gasteiger partial charge in [-0.1, -0.05) is 31.5 Å². The third-order valence-electron chi connectivity index (χ3n) is 2.54. The molecule has 0 radical (unpaired) electrons. The smallest absolute Gasteiger partial charge is 0.251 e. The van der Waals surface area contributed by atoms with Crippen molar-refractivity contribution in [3.05, 3.63) is 35.4 Å². The van der Waals surface area contributed by atoms with Gasteiger partial charge in [0.1, 0.15) is 6.04 Å². The zero-order valence-corrected chi connectivity index (χ0v) is 10.4. The average molecular weight is 234 g/mol. The predicted molar refractivity (Wildman–Crippen MR) is 66.5 cm³/mol. The van der Waals surface area contributed by atoms with Crippen molar-refractivity contribution in [3.8, 4) is 0 Å². The monoisotopic (exact) mass is 234 g/mol. The lowest BCUT2D eigenvalue weighted by atomic mass is 10.0. The van der Waals surface area contributed by atoms with E-state index < -0.39 is 11.9 Å². The standard InChI is InChI=1S/C13H18N2O2/c1-8(2)11(12(14)16)15-13(17)10-6-4-5-9(3)7-10/h4-8,11H,1-3H3,(H2,14,16)(H,15,17). The van der Waals surface area contributed by atoms with E-state index in [1.165, 1.54) is 0 Å². The summed E-state index contributed by atoms with van der Waals surface area (Å²) < 4.78 is 0. The van der Waals surface area contributed by atoms with Crippen LogP contribution in [0.1, 0.15) is 29.8 Å². The molecule has 92 valence electrons. The number of carbonyl (C=O) groups is 2. The second kappa shape index (κ2) is 5.48. The Hall–Kier alpha value is -1.84. The van der Waals surface area contributed by atoms with Gasteiger partial charge in [-0.15, -0.1) is 0 Å². The van der Waals surface area contributed by atoms with Crippen molar-refractivity contribution in [2.75, 3.05) is 0 Å². The molecule has 1 atom stereocenters. The summed E-state index contributed by atoms with van der Waals surface area (Å²) in [7, 11) is 0. The minimum Gasteiger partial charge on any atom is -0.368 e. The lowest BCUT2D eigenvalue weighted by Crippen LogP contribution is -2.47. The Morgan fingerprint density at radius 3 is 2.41 bits per heavy atom. The Labute approximate surface area is 101 Å². The van der Waals surface area contributed by atoms with Crippen LogP contribution in [-0.4, -0.2) is 17.9 Å². The van der Waals surface area contributed by atoms with Crippen LogP contribution in [0.3, 0.4) is 0 Å². The summed E-state index contributed by atoms with van der Waals surface area (Å²) >= 11 is 0. The van der Waals surface area contributed by atoms with Crippen molar-refractivity contribution in [2.24, 2.45) is 11.7 Å². The summed E-state index contributed by atoms with van der Waals surface area (Å²) in [6, 6.07) is 6.56. The molecule has 17 heavy (non-hydrogen) atoms. The van der Waals surface area contributed by atoms with Crippen LogP contribution < -0.4 is 11.1 Å². The molecule has 0 saturated heterocycles. The second-order valence-electron chi connectivity index (χ2n) is 4.47. The molecule has 0 heterocycles. The highest BCUT2D eigenvalue weighted by molar-refractivity contribution is 5.97. The van der Waals surface area contributed by atoms with E-state index in [0.29, 0.717) is 5.56 Å². The molecule has 0 saturated carbocycles. The van der Waals surface area contributed by atoms with Gasteiger partial charge in [0.2, 0.25) is 5.91 Å². The molecule has 0 aromatic heterocycles. The van der Waals surface area contributed by atoms with Gasteiger partial charge in [-0.25, -0.2) is 0 Å². The molecule has 0 aliphatic heterocycles. The molecule has 0 fully saturated rings. The Morgan fingerprint density at radius 2 is 1.94 bits per heavy atom. The van der Waals surface area contributed by atoms with Crippen molar-refractivity contribution >= 4 is 11.8 Å². The number of carbonyl (C=O) groups excluding carboxylic acids is 2. The summed E-state index contributed by atoms with van der Waals surface area (Å²) in [5, 5.41) is 2.65. The topological polar surface area (TPSA) is 72.2 Å². The van der Waals surface area contributed by atoms with Crippen LogP contribution in [0.5, 0.6) is 0 Å². The van der Waals surface area contributed by atoms with E-state index in [1.54, 1.807) is 18.2 Å². The van der Waals surface area contributed by atoms with Crippen LogP contribution >= 0.6 is 0 Å². The first-order valence-electron chi connectivity index (χ1n) is 5.58. The number of rotatable bonds is 4. The van der Waals surface area contributed by atoms with Crippen LogP contribution in [0.2, 0.25) is 0 Å². The average Bonchev–Trinajstić information content (AvgIpc) is 2.24. The molecular formula is C13H18N2O2. The molecule has 1 aromatic carbocycles. The molecule has 1 aromatic rings. The SMILES string of the molecule is Cc1cccc(C(=O)NC(C(N)=O)C(C)C)c1. The highest BCUT2D eigenvalue weighted by Crippen LogP contribution is 2.06. The molecule has 2 amide bonds. The molecular weight excluding hydrogens is 216 g/mol. The molecule has 4 nitrogen and oxygen atoms in total. The molecule has 1 unspecified atom stereocenters. The number of benzene rings is 1. The fourth-order valence-corrected chi connectivity index (χ4v) is 1.58. The zero-order chi connectivity index (χ0) is 13.0. The van der Waals surface area contributed by atoms with Crippen molar-refractivity contribution < 1.29 is 9.59 Å². The quantitative estimate of drug-likeness (QED) is 0.822. The van der Waals surface area contributed by atoms with Crippen LogP contribution in [0.4, 0.5) is 0 Å². The van der Waals surface area contributed by atoms with Gasteiger partial charge in [0.15, 0.2) is 0 Å². The van der Waals surface area contributed by atoms with Gasteiger partial charge in [-0.2, -0.15) is 0 Å². The molecule has 4 heteroatoms. The van der Waals surface area contributed by atoms with Crippen molar-refractivity contribution in [1.82, 2.24) is 5.32 Å². The number of amides is 2. The largest absolute Gasteiger partial charge is 0.368 e. The maximum atomic E-state index is 11.9. The fourth-order valence-electron chi connectivity index (χ4n) is 1.58. The molecule has 0 aliphatic carbocycles. The minimum absolute atomic E-state index is 0.0266. The lowest BCUT2D eigenvalue weighted by Gasteiger charge is -2.18. The van der Waals surface area contributed by atoms with E-state index in [9.17, 15) is 9.59 Å². The van der Waals surface area contributed by atoms with Gasteiger partial charge in [0.25, 0.3) is 5.91 Å². The number of hydrogen-bond donors (Lipinski definition) is 2. The van der Waals surface area contributed by atoms with Gasteiger partial charge < -0.3 is 11.1 Å². The van der Waals surface area contributed by atoms with Gasteiger partial charge in [-0.3, -0.25) is 9.59 Å². The molecule has 0 bridgehead atoms. The summed E-state index contributed by atoms with van der Waals surface area (Å²) in [5.41, 5.74) is 6.78. The summed E-state index contributed by atoms with van der Waals surface area (Å²) in [5.74, 6) is -0.812. The van der Waals surface area contributed by atoms with Gasteiger partial charge in [0.05, 0.1) is 0 Å². The Balaban J connectivity index is 2.81. The van der Waals surface area contributed by atoms with Crippen molar-refractivity contribution in [3.63, 3.8) is 0 Å². The number of nitrogens with one attached hydrogen (secondary N) is 1. The van der Waals surface area contributed by atoms with Gasteiger partial charge in [-0.05, 0) is 25.0 Å². The number of hydrogen-bond acceptors (Lipinski definition) is 2. The second-order valence-corrected chi connectivity index (χ2v) is 4.47. The highest BCUT2D eigenvalue weighted by Gasteiger charge is 2.22. The third kappa shape index (κ3) is 3.59. The van der Waals surface area contributed by atoms with Crippen LogP contribution in [0, 0.1) is 12.8 Å². The van der Waals surface area contributed by atoms with Crippen LogP contribution in [0.15, 0.2) is 24.3 Å². The van der Waals surface area contributed by atoms with E-state index in [-0.39, 0.29) is 11.8 Å². The minimum atomic E-state index is -0.636. The summed E-state index contributed by atoms with van der Waals surface area (Å²) in [4.78, 5) is 23.1. The summed E-state index contributed by atoms with van der Waals surface area (Å²) in [6.07, 6.45) is 0. The molecule has 3 N–H and O–H groups in total. The van der Waals surface area contributed by atoms with Crippen LogP contribution in [-0.2, 0) is 4.79 Å². The maximum Gasteiger partial charge on any atom is 0.251 e.